The van der Waals surface area contributed by atoms with Crippen molar-refractivity contribution in [3.8, 4) is 0 Å². The maximum absolute atomic E-state index is 12.0. The number of carbonyl (C=O) groups is 1. The highest BCUT2D eigenvalue weighted by molar-refractivity contribution is 5.81. The van der Waals surface area contributed by atoms with Gasteiger partial charge in [0.15, 0.2) is 0 Å². The summed E-state index contributed by atoms with van der Waals surface area (Å²) in [5, 5.41) is 3.83. The van der Waals surface area contributed by atoms with Gasteiger partial charge in [-0.05, 0) is 51.4 Å². The highest BCUT2D eigenvalue weighted by Crippen LogP contribution is 2.32. The number of piperidine rings is 1. The summed E-state index contributed by atoms with van der Waals surface area (Å²) in [5.41, 5.74) is 0. The summed E-state index contributed by atoms with van der Waals surface area (Å²) >= 11 is 0. The molecule has 2 saturated carbocycles. The van der Waals surface area contributed by atoms with Crippen LogP contribution in [-0.2, 0) is 4.79 Å². The van der Waals surface area contributed by atoms with Gasteiger partial charge in [-0.3, -0.25) is 4.79 Å². The monoisotopic (exact) mass is 264 g/mol. The summed E-state index contributed by atoms with van der Waals surface area (Å²) in [6.45, 7) is 4.31. The van der Waals surface area contributed by atoms with E-state index in [4.69, 9.17) is 0 Å². The lowest BCUT2D eigenvalue weighted by molar-refractivity contribution is -0.133. The molecule has 108 valence electrons. The van der Waals surface area contributed by atoms with Crippen LogP contribution in [0.15, 0.2) is 0 Å². The van der Waals surface area contributed by atoms with Crippen LogP contribution in [0, 0.1) is 11.8 Å². The van der Waals surface area contributed by atoms with Crippen molar-refractivity contribution in [3.05, 3.63) is 0 Å². The highest BCUT2D eigenvalue weighted by Gasteiger charge is 2.35. The van der Waals surface area contributed by atoms with E-state index in [1.807, 2.05) is 0 Å². The quantitative estimate of drug-likeness (QED) is 0.846. The van der Waals surface area contributed by atoms with E-state index in [1.165, 1.54) is 25.7 Å². The summed E-state index contributed by atoms with van der Waals surface area (Å²) < 4.78 is 0. The predicted octanol–water partition coefficient (Wildman–Crippen LogP) is 2.56. The Balaban J connectivity index is 1.40. The number of carbonyl (C=O) groups excluding carboxylic acids is 1. The zero-order chi connectivity index (χ0) is 13.2. The van der Waals surface area contributed by atoms with E-state index in [0.717, 1.165) is 44.7 Å². The van der Waals surface area contributed by atoms with Crippen molar-refractivity contribution >= 4 is 5.91 Å². The van der Waals surface area contributed by atoms with Crippen LogP contribution in [0.4, 0.5) is 0 Å². The van der Waals surface area contributed by atoms with Gasteiger partial charge in [0, 0.05) is 31.1 Å². The minimum atomic E-state index is 0.391. The Labute approximate surface area is 117 Å². The van der Waals surface area contributed by atoms with Crippen molar-refractivity contribution < 1.29 is 4.79 Å². The molecule has 3 rings (SSSR count). The van der Waals surface area contributed by atoms with Gasteiger partial charge < -0.3 is 10.2 Å². The van der Waals surface area contributed by atoms with E-state index < -0.39 is 0 Å². The first-order valence-corrected chi connectivity index (χ1v) is 8.29. The molecular weight excluding hydrogens is 236 g/mol. The second-order valence-electron chi connectivity index (χ2n) is 6.87. The lowest BCUT2D eigenvalue weighted by Crippen LogP contribution is -2.48. The topological polar surface area (TPSA) is 32.3 Å². The van der Waals surface area contributed by atoms with E-state index in [0.29, 0.717) is 23.9 Å². The van der Waals surface area contributed by atoms with Crippen molar-refractivity contribution in [3.63, 3.8) is 0 Å². The van der Waals surface area contributed by atoms with Crippen LogP contribution in [0.1, 0.15) is 58.3 Å². The minimum absolute atomic E-state index is 0.391. The number of nitrogens with one attached hydrogen (secondary N) is 1. The maximum Gasteiger partial charge on any atom is 0.225 e. The summed E-state index contributed by atoms with van der Waals surface area (Å²) in [6, 6.07) is 1.30. The maximum atomic E-state index is 12.0. The average molecular weight is 264 g/mol. The van der Waals surface area contributed by atoms with E-state index in [-0.39, 0.29) is 0 Å². The second kappa shape index (κ2) is 5.82. The molecule has 3 aliphatic rings. The molecule has 1 heterocycles. The number of hydrogen-bond acceptors (Lipinski definition) is 2. The Bertz CT molecular complexity index is 313. The molecule has 0 bridgehead atoms. The summed E-state index contributed by atoms with van der Waals surface area (Å²) in [5.74, 6) is 1.72. The minimum Gasteiger partial charge on any atom is -0.342 e. The molecule has 1 saturated heterocycles. The van der Waals surface area contributed by atoms with Crippen LogP contribution in [0.2, 0.25) is 0 Å². The SMILES string of the molecule is CC(NC1CCN(C(=O)C2CC2)CC1)C1CCCC1. The van der Waals surface area contributed by atoms with Crippen LogP contribution < -0.4 is 5.32 Å². The summed E-state index contributed by atoms with van der Waals surface area (Å²) in [6.07, 6.45) is 10.2. The van der Waals surface area contributed by atoms with E-state index in [2.05, 4.69) is 17.1 Å². The molecule has 0 radical (unpaired) electrons. The molecule has 1 amide bonds. The summed E-state index contributed by atoms with van der Waals surface area (Å²) in [7, 11) is 0. The Morgan fingerprint density at radius 1 is 1.05 bits per heavy atom. The molecule has 1 atom stereocenters. The fourth-order valence-electron chi connectivity index (χ4n) is 3.82. The lowest BCUT2D eigenvalue weighted by atomic mass is 9.96. The standard InChI is InChI=1S/C16H28N2O/c1-12(13-4-2-3-5-13)17-15-8-10-18(11-9-15)16(19)14-6-7-14/h12-15,17H,2-11H2,1H3. The second-order valence-corrected chi connectivity index (χ2v) is 6.87. The van der Waals surface area contributed by atoms with Crippen LogP contribution in [0.5, 0.6) is 0 Å². The zero-order valence-electron chi connectivity index (χ0n) is 12.2. The largest absolute Gasteiger partial charge is 0.342 e. The van der Waals surface area contributed by atoms with Crippen molar-refractivity contribution in [1.29, 1.82) is 0 Å². The Morgan fingerprint density at radius 3 is 2.26 bits per heavy atom. The first kappa shape index (κ1) is 13.4. The Kier molecular flexibility index (Phi) is 4.11. The molecule has 1 unspecified atom stereocenters. The third-order valence-electron chi connectivity index (χ3n) is 5.34. The van der Waals surface area contributed by atoms with E-state index in [1.54, 1.807) is 0 Å². The molecular formula is C16H28N2O. The van der Waals surface area contributed by atoms with Gasteiger partial charge in [-0.1, -0.05) is 12.8 Å². The molecule has 1 N–H and O–H groups in total. The van der Waals surface area contributed by atoms with Gasteiger partial charge in [-0.15, -0.1) is 0 Å². The highest BCUT2D eigenvalue weighted by atomic mass is 16.2. The van der Waals surface area contributed by atoms with Crippen molar-refractivity contribution in [2.24, 2.45) is 11.8 Å². The summed E-state index contributed by atoms with van der Waals surface area (Å²) in [4.78, 5) is 14.1. The fraction of sp³-hybridized carbons (Fsp3) is 0.938. The molecule has 19 heavy (non-hydrogen) atoms. The van der Waals surface area contributed by atoms with Gasteiger partial charge in [0.05, 0.1) is 0 Å². The Morgan fingerprint density at radius 2 is 1.68 bits per heavy atom. The van der Waals surface area contributed by atoms with Crippen LogP contribution in [0.25, 0.3) is 0 Å². The number of likely N-dealkylation sites (tertiary alicyclic amines) is 1. The van der Waals surface area contributed by atoms with E-state index in [9.17, 15) is 4.79 Å². The number of nitrogens with zero attached hydrogens (tertiary/aromatic N) is 1. The molecule has 0 spiro atoms. The normalized spacial score (nSPS) is 27.7. The molecule has 3 heteroatoms. The molecule has 0 aromatic heterocycles. The van der Waals surface area contributed by atoms with Crippen LogP contribution >= 0.6 is 0 Å². The third kappa shape index (κ3) is 3.31. The van der Waals surface area contributed by atoms with Gasteiger partial charge in [0.2, 0.25) is 5.91 Å². The first-order valence-electron chi connectivity index (χ1n) is 8.29. The molecule has 1 aliphatic heterocycles. The number of rotatable bonds is 4. The van der Waals surface area contributed by atoms with Crippen molar-refractivity contribution in [2.75, 3.05) is 13.1 Å². The van der Waals surface area contributed by atoms with Gasteiger partial charge >= 0.3 is 0 Å². The molecule has 3 nitrogen and oxygen atoms in total. The number of hydrogen-bond donors (Lipinski definition) is 1. The van der Waals surface area contributed by atoms with Crippen LogP contribution in [0.3, 0.4) is 0 Å². The van der Waals surface area contributed by atoms with Crippen molar-refractivity contribution in [1.82, 2.24) is 10.2 Å². The van der Waals surface area contributed by atoms with E-state index >= 15 is 0 Å². The molecule has 2 aliphatic carbocycles. The predicted molar refractivity (Wildman–Crippen MR) is 76.9 cm³/mol. The van der Waals surface area contributed by atoms with Gasteiger partial charge in [-0.25, -0.2) is 0 Å². The van der Waals surface area contributed by atoms with Gasteiger partial charge in [-0.2, -0.15) is 0 Å². The first-order chi connectivity index (χ1) is 9.24. The average Bonchev–Trinajstić information content (AvgIpc) is 3.13. The molecule has 0 aromatic carbocycles. The van der Waals surface area contributed by atoms with Crippen LogP contribution in [-0.4, -0.2) is 36.0 Å². The smallest absolute Gasteiger partial charge is 0.225 e. The van der Waals surface area contributed by atoms with Gasteiger partial charge in [0.1, 0.15) is 0 Å². The molecule has 3 fully saturated rings. The fourth-order valence-corrected chi connectivity index (χ4v) is 3.82. The Hall–Kier alpha value is -0.570. The molecule has 0 aromatic rings. The number of amides is 1. The zero-order valence-corrected chi connectivity index (χ0v) is 12.2. The third-order valence-corrected chi connectivity index (χ3v) is 5.34. The van der Waals surface area contributed by atoms with Gasteiger partial charge in [0.25, 0.3) is 0 Å². The lowest BCUT2D eigenvalue weighted by Gasteiger charge is -2.35. The van der Waals surface area contributed by atoms with Crippen molar-refractivity contribution in [2.45, 2.75) is 70.4 Å².